The molecular weight excluding hydrogens is 696 g/mol. The first kappa shape index (κ1) is 41.3. The first-order chi connectivity index (χ1) is 22.5. The number of aliphatic hydroxyl groups is 4. The topological polar surface area (TPSA) is 80.9 Å². The summed E-state index contributed by atoms with van der Waals surface area (Å²) in [4.78, 5) is 0. The molecule has 4 nitrogen and oxygen atoms in total. The molecule has 4 N–H and O–H groups in total. The van der Waals surface area contributed by atoms with Crippen LogP contribution in [0.1, 0.15) is 46.0 Å². The van der Waals surface area contributed by atoms with Crippen LogP contribution in [0.15, 0.2) is 182 Å². The van der Waals surface area contributed by atoms with E-state index in [0.717, 1.165) is 22.3 Å². The maximum atomic E-state index is 8.58. The molecule has 0 aliphatic carbocycles. The van der Waals surface area contributed by atoms with Crippen molar-refractivity contribution in [1.29, 1.82) is 0 Å². The second-order valence-corrected chi connectivity index (χ2v) is 9.53. The van der Waals surface area contributed by atoms with Crippen LogP contribution in [-0.2, 0) is 34.1 Å². The number of benzene rings is 6. The first-order valence-corrected chi connectivity index (χ1v) is 14.6. The second-order valence-electron chi connectivity index (χ2n) is 9.53. The van der Waals surface area contributed by atoms with Crippen LogP contribution in [0.4, 0.5) is 0 Å². The van der Waals surface area contributed by atoms with Gasteiger partial charge >= 0.3 is 0 Å². The Bertz CT molecular complexity index is 1540. The maximum absolute atomic E-state index is 8.58. The van der Waals surface area contributed by atoms with E-state index >= 15 is 0 Å². The van der Waals surface area contributed by atoms with Crippen LogP contribution in [-0.4, -0.2) is 20.4 Å². The number of aliphatic hydroxyl groups excluding tert-OH is 2. The van der Waals surface area contributed by atoms with E-state index in [1.54, 1.807) is 48.5 Å². The van der Waals surface area contributed by atoms with Gasteiger partial charge in [-0.15, -0.1) is 0 Å². The Morgan fingerprint density at radius 1 is 0.271 bits per heavy atom. The van der Waals surface area contributed by atoms with Crippen LogP contribution in [0, 0.1) is 23.7 Å². The Morgan fingerprint density at radius 2 is 0.438 bits per heavy atom. The molecule has 6 aromatic rings. The predicted molar refractivity (Wildman–Crippen MR) is 185 cm³/mol. The van der Waals surface area contributed by atoms with Gasteiger partial charge in [0, 0.05) is 67.5 Å². The summed E-state index contributed by atoms with van der Waals surface area (Å²) < 4.78 is 0. The summed E-state index contributed by atoms with van der Waals surface area (Å²) in [5.74, 6) is 12.4. The minimum atomic E-state index is -1.34. The van der Waals surface area contributed by atoms with E-state index < -0.39 is 12.6 Å². The summed E-state index contributed by atoms with van der Waals surface area (Å²) in [6.07, 6.45) is -2.68. The summed E-state index contributed by atoms with van der Waals surface area (Å²) in [5, 5.41) is 34.3. The Balaban J connectivity index is 0.000000323. The molecule has 0 spiro atoms. The monoisotopic (exact) mass is 730 g/mol. The van der Waals surface area contributed by atoms with Gasteiger partial charge in [-0.05, 0) is 48.5 Å². The molecule has 0 saturated heterocycles. The fourth-order valence-corrected chi connectivity index (χ4v) is 3.62. The van der Waals surface area contributed by atoms with Crippen molar-refractivity contribution in [3.8, 4) is 23.7 Å². The summed E-state index contributed by atoms with van der Waals surface area (Å²) >= 11 is 0. The largest absolute Gasteiger partial charge is 0.364 e. The van der Waals surface area contributed by atoms with Crippen molar-refractivity contribution in [1.82, 2.24) is 0 Å². The van der Waals surface area contributed by atoms with E-state index in [4.69, 9.17) is 20.4 Å². The van der Waals surface area contributed by atoms with Crippen LogP contribution in [0.3, 0.4) is 0 Å². The quantitative estimate of drug-likeness (QED) is 0.0845. The average molecular weight is 732 g/mol. The molecule has 48 heavy (non-hydrogen) atoms. The summed E-state index contributed by atoms with van der Waals surface area (Å²) in [5.41, 5.74) is 5.26. The molecular formula is C42H36Cu2O4. The Hall–Kier alpha value is -4.68. The molecule has 6 heteroatoms. The van der Waals surface area contributed by atoms with Gasteiger partial charge in [0.1, 0.15) is 0 Å². The third kappa shape index (κ3) is 17.9. The van der Waals surface area contributed by atoms with Gasteiger partial charge in [0.25, 0.3) is 0 Å². The summed E-state index contributed by atoms with van der Waals surface area (Å²) in [6.45, 7) is 0. The zero-order valence-corrected chi connectivity index (χ0v) is 27.8. The van der Waals surface area contributed by atoms with Crippen molar-refractivity contribution in [2.45, 2.75) is 12.6 Å². The van der Waals surface area contributed by atoms with E-state index in [1.807, 2.05) is 133 Å². The van der Waals surface area contributed by atoms with Crippen LogP contribution in [0.25, 0.3) is 0 Å². The first-order valence-electron chi connectivity index (χ1n) is 14.6. The maximum Gasteiger partial charge on any atom is 0.178 e. The third-order valence-electron chi connectivity index (χ3n) is 5.99. The average Bonchev–Trinajstić information content (AvgIpc) is 3.13. The van der Waals surface area contributed by atoms with Crippen molar-refractivity contribution >= 4 is 0 Å². The predicted octanol–water partition coefficient (Wildman–Crippen LogP) is 7.51. The zero-order valence-electron chi connectivity index (χ0n) is 25.9. The molecule has 2 radical (unpaired) electrons. The molecule has 0 fully saturated rings. The third-order valence-corrected chi connectivity index (χ3v) is 5.99. The van der Waals surface area contributed by atoms with E-state index in [0.29, 0.717) is 11.1 Å². The van der Waals surface area contributed by atoms with Crippen molar-refractivity contribution < 1.29 is 54.6 Å². The molecule has 0 bridgehead atoms. The van der Waals surface area contributed by atoms with Gasteiger partial charge in [-0.3, -0.25) is 0 Å². The Morgan fingerprint density at radius 3 is 0.583 bits per heavy atom. The fourth-order valence-electron chi connectivity index (χ4n) is 3.62. The molecule has 0 aliphatic rings. The zero-order chi connectivity index (χ0) is 32.7. The van der Waals surface area contributed by atoms with Gasteiger partial charge in [0.05, 0.1) is 0 Å². The molecule has 6 rings (SSSR count). The molecule has 0 saturated carbocycles. The molecule has 250 valence electrons. The minimum Gasteiger partial charge on any atom is -0.364 e. The molecule has 0 aromatic heterocycles. The van der Waals surface area contributed by atoms with Crippen molar-refractivity contribution in [2.75, 3.05) is 0 Å². The Kier molecular flexibility index (Phi) is 21.9. The van der Waals surface area contributed by atoms with Crippen LogP contribution >= 0.6 is 0 Å². The van der Waals surface area contributed by atoms with Crippen LogP contribution in [0.2, 0.25) is 0 Å². The molecule has 0 heterocycles. The van der Waals surface area contributed by atoms with Crippen LogP contribution in [0.5, 0.6) is 0 Å². The second kappa shape index (κ2) is 25.4. The SMILES string of the molecule is C(#Cc1ccccc1)c1ccccc1.C(#Cc1ccccc1)c1ccccc1.OC(O)c1ccccc1.OC(O)c1ccccc1.[Cu].[Cu]. The molecule has 0 amide bonds. The van der Waals surface area contributed by atoms with Gasteiger partial charge in [0.2, 0.25) is 0 Å². The van der Waals surface area contributed by atoms with E-state index in [9.17, 15) is 0 Å². The number of rotatable bonds is 2. The smallest absolute Gasteiger partial charge is 0.178 e. The summed E-state index contributed by atoms with van der Waals surface area (Å²) in [6, 6.07) is 57.3. The normalized spacial score (nSPS) is 8.96. The van der Waals surface area contributed by atoms with Crippen LogP contribution < -0.4 is 0 Å². The number of hydrogen-bond acceptors (Lipinski definition) is 4. The van der Waals surface area contributed by atoms with Crippen molar-refractivity contribution in [3.63, 3.8) is 0 Å². The fraction of sp³-hybridized carbons (Fsp3) is 0.0476. The summed E-state index contributed by atoms with van der Waals surface area (Å²) in [7, 11) is 0. The van der Waals surface area contributed by atoms with E-state index in [-0.39, 0.29) is 34.1 Å². The van der Waals surface area contributed by atoms with E-state index in [2.05, 4.69) is 23.7 Å². The van der Waals surface area contributed by atoms with Gasteiger partial charge in [-0.2, -0.15) is 0 Å². The van der Waals surface area contributed by atoms with Crippen molar-refractivity contribution in [3.05, 3.63) is 215 Å². The van der Waals surface area contributed by atoms with E-state index in [1.165, 1.54) is 0 Å². The van der Waals surface area contributed by atoms with Gasteiger partial charge in [-0.25, -0.2) is 0 Å². The van der Waals surface area contributed by atoms with Gasteiger partial charge in [-0.1, -0.05) is 157 Å². The molecule has 0 unspecified atom stereocenters. The molecule has 0 aliphatic heterocycles. The molecule has 0 atom stereocenters. The standard InChI is InChI=1S/2C14H10.2C7H8O2.2Cu/c2*1-3-7-13(8-4-1)11-12-14-9-5-2-6-10-14;2*8-7(9)6-4-2-1-3-5-6;;/h2*1-10H;2*1-5,7-9H;;. The Labute approximate surface area is 304 Å². The van der Waals surface area contributed by atoms with Crippen molar-refractivity contribution in [2.24, 2.45) is 0 Å². The number of hydrogen-bond donors (Lipinski definition) is 4. The van der Waals surface area contributed by atoms with Gasteiger partial charge < -0.3 is 20.4 Å². The van der Waals surface area contributed by atoms with Gasteiger partial charge in [0.15, 0.2) is 12.6 Å². The molecule has 6 aromatic carbocycles. The minimum absolute atomic E-state index is 0.